The number of nitrogens with zero attached hydrogens (tertiary/aromatic N) is 3. The maximum atomic E-state index is 5.34. The quantitative estimate of drug-likeness (QED) is 0.713. The van der Waals surface area contributed by atoms with Crippen molar-refractivity contribution < 1.29 is 0 Å². The van der Waals surface area contributed by atoms with E-state index in [1.54, 1.807) is 0 Å². The van der Waals surface area contributed by atoms with Crippen LogP contribution in [0.1, 0.15) is 11.6 Å². The lowest BCUT2D eigenvalue weighted by atomic mass is 10.6. The molecule has 66 valence electrons. The van der Waals surface area contributed by atoms with Gasteiger partial charge in [-0.15, -0.1) is 35.0 Å². The summed E-state index contributed by atoms with van der Waals surface area (Å²) < 4.78 is 1.88. The summed E-state index contributed by atoms with van der Waals surface area (Å²) in [6, 6.07) is 0. The molecule has 11 heavy (non-hydrogen) atoms. The van der Waals surface area contributed by atoms with E-state index in [4.69, 9.17) is 5.73 Å². The van der Waals surface area contributed by atoms with Gasteiger partial charge < -0.3 is 10.3 Å². The molecule has 1 aromatic heterocycles. The van der Waals surface area contributed by atoms with Crippen LogP contribution in [0.5, 0.6) is 0 Å². The molecule has 0 fully saturated rings. The van der Waals surface area contributed by atoms with Crippen LogP contribution in [-0.2, 0) is 13.6 Å². The van der Waals surface area contributed by atoms with Crippen molar-refractivity contribution in [2.75, 3.05) is 0 Å². The molecule has 1 aromatic rings. The number of hydrogen-bond acceptors (Lipinski definition) is 3. The van der Waals surface area contributed by atoms with Gasteiger partial charge in [-0.25, -0.2) is 0 Å². The summed E-state index contributed by atoms with van der Waals surface area (Å²) in [5.74, 6) is 1.72. The van der Waals surface area contributed by atoms with Crippen LogP contribution in [0.2, 0.25) is 0 Å². The molecule has 6 heteroatoms. The molecule has 0 atom stereocenters. The van der Waals surface area contributed by atoms with Gasteiger partial charge in [0.1, 0.15) is 11.6 Å². The van der Waals surface area contributed by atoms with Crippen LogP contribution in [-0.4, -0.2) is 14.8 Å². The zero-order chi connectivity index (χ0) is 6.85. The zero-order valence-corrected chi connectivity index (χ0v) is 8.08. The number of nitrogens with two attached hydrogens (primary N) is 1. The average Bonchev–Trinajstić information content (AvgIpc) is 2.15. The van der Waals surface area contributed by atoms with Crippen LogP contribution in [0, 0.1) is 6.92 Å². The van der Waals surface area contributed by atoms with E-state index >= 15 is 0 Å². The summed E-state index contributed by atoms with van der Waals surface area (Å²) in [5, 5.41) is 7.64. The Morgan fingerprint density at radius 1 is 1.36 bits per heavy atom. The molecule has 0 radical (unpaired) electrons. The summed E-state index contributed by atoms with van der Waals surface area (Å²) in [5.41, 5.74) is 5.34. The van der Waals surface area contributed by atoms with E-state index in [0.29, 0.717) is 6.54 Å². The van der Waals surface area contributed by atoms with E-state index in [2.05, 4.69) is 10.2 Å². The van der Waals surface area contributed by atoms with Gasteiger partial charge >= 0.3 is 0 Å². The van der Waals surface area contributed by atoms with Crippen LogP contribution >= 0.6 is 24.8 Å². The Labute approximate surface area is 78.0 Å². The Kier molecular flexibility index (Phi) is 6.46. The molecular formula is C5H12Cl2N4. The fraction of sp³-hybridized carbons (Fsp3) is 0.600. The number of rotatable bonds is 1. The van der Waals surface area contributed by atoms with Crippen molar-refractivity contribution in [3.63, 3.8) is 0 Å². The minimum absolute atomic E-state index is 0. The minimum atomic E-state index is 0. The van der Waals surface area contributed by atoms with Crippen molar-refractivity contribution in [1.82, 2.24) is 14.8 Å². The fourth-order valence-electron chi connectivity index (χ4n) is 0.629. The molecule has 1 heterocycles. The van der Waals surface area contributed by atoms with Gasteiger partial charge in [-0.1, -0.05) is 0 Å². The van der Waals surface area contributed by atoms with E-state index in [1.165, 1.54) is 0 Å². The molecule has 0 aliphatic rings. The van der Waals surface area contributed by atoms with E-state index in [9.17, 15) is 0 Å². The number of aromatic nitrogens is 3. The molecule has 0 spiro atoms. The predicted octanol–water partition coefficient (Wildman–Crippen LogP) is 0.426. The third-order valence-electron chi connectivity index (χ3n) is 1.37. The van der Waals surface area contributed by atoms with Gasteiger partial charge in [0.15, 0.2) is 0 Å². The second kappa shape index (κ2) is 5.35. The molecule has 0 aromatic carbocycles. The smallest absolute Gasteiger partial charge is 0.146 e. The lowest BCUT2D eigenvalue weighted by Gasteiger charge is -1.94. The van der Waals surface area contributed by atoms with Crippen LogP contribution in [0.4, 0.5) is 0 Å². The van der Waals surface area contributed by atoms with Crippen LogP contribution < -0.4 is 5.73 Å². The van der Waals surface area contributed by atoms with Gasteiger partial charge in [-0.05, 0) is 6.92 Å². The number of aryl methyl sites for hydroxylation is 1. The molecular weight excluding hydrogens is 187 g/mol. The molecule has 2 N–H and O–H groups in total. The standard InChI is InChI=1S/C5H10N4.2ClH/c1-4-7-8-5(3-6)9(4)2;;/h3,6H2,1-2H3;2*1H. The molecule has 0 aliphatic carbocycles. The normalized spacial score (nSPS) is 8.27. The molecule has 0 amide bonds. The Balaban J connectivity index is 0. The largest absolute Gasteiger partial charge is 0.324 e. The molecule has 0 saturated carbocycles. The summed E-state index contributed by atoms with van der Waals surface area (Å²) in [6.07, 6.45) is 0. The van der Waals surface area contributed by atoms with Crippen molar-refractivity contribution in [2.45, 2.75) is 13.5 Å². The third kappa shape index (κ3) is 2.65. The first-order chi connectivity index (χ1) is 4.25. The minimum Gasteiger partial charge on any atom is -0.324 e. The highest BCUT2D eigenvalue weighted by atomic mass is 35.5. The SMILES string of the molecule is Cc1nnc(CN)n1C.Cl.Cl. The van der Waals surface area contributed by atoms with Crippen LogP contribution in [0.3, 0.4) is 0 Å². The topological polar surface area (TPSA) is 56.7 Å². The first-order valence-corrected chi connectivity index (χ1v) is 2.80. The maximum absolute atomic E-state index is 5.34. The molecule has 0 unspecified atom stereocenters. The van der Waals surface area contributed by atoms with Crippen molar-refractivity contribution in [3.05, 3.63) is 11.6 Å². The first-order valence-electron chi connectivity index (χ1n) is 2.80. The number of hydrogen-bond donors (Lipinski definition) is 1. The van der Waals surface area contributed by atoms with Gasteiger partial charge in [-0.2, -0.15) is 0 Å². The van der Waals surface area contributed by atoms with Crippen LogP contribution in [0.15, 0.2) is 0 Å². The molecule has 0 saturated heterocycles. The summed E-state index contributed by atoms with van der Waals surface area (Å²) in [6.45, 7) is 2.35. The second-order valence-corrected chi connectivity index (χ2v) is 1.93. The first kappa shape index (κ1) is 13.3. The monoisotopic (exact) mass is 198 g/mol. The van der Waals surface area contributed by atoms with E-state index in [0.717, 1.165) is 11.6 Å². The Hall–Kier alpha value is -0.320. The summed E-state index contributed by atoms with van der Waals surface area (Å²) in [4.78, 5) is 0. The Morgan fingerprint density at radius 2 is 1.91 bits per heavy atom. The fourth-order valence-corrected chi connectivity index (χ4v) is 0.629. The lowest BCUT2D eigenvalue weighted by molar-refractivity contribution is 0.773. The molecule has 1 rings (SSSR count). The molecule has 4 nitrogen and oxygen atoms in total. The third-order valence-corrected chi connectivity index (χ3v) is 1.37. The molecule has 0 bridgehead atoms. The van der Waals surface area contributed by atoms with Crippen molar-refractivity contribution in [2.24, 2.45) is 12.8 Å². The second-order valence-electron chi connectivity index (χ2n) is 1.93. The highest BCUT2D eigenvalue weighted by Gasteiger charge is 1.99. The lowest BCUT2D eigenvalue weighted by Crippen LogP contribution is -2.05. The Bertz CT molecular complexity index is 210. The highest BCUT2D eigenvalue weighted by molar-refractivity contribution is 5.85. The van der Waals surface area contributed by atoms with Gasteiger partial charge in [0.05, 0.1) is 6.54 Å². The van der Waals surface area contributed by atoms with Gasteiger partial charge in [0.25, 0.3) is 0 Å². The number of halogens is 2. The Morgan fingerprint density at radius 3 is 2.09 bits per heavy atom. The van der Waals surface area contributed by atoms with Crippen molar-refractivity contribution >= 4 is 24.8 Å². The van der Waals surface area contributed by atoms with E-state index in [1.807, 2.05) is 18.5 Å². The van der Waals surface area contributed by atoms with Gasteiger partial charge in [0, 0.05) is 7.05 Å². The zero-order valence-electron chi connectivity index (χ0n) is 6.44. The van der Waals surface area contributed by atoms with Crippen molar-refractivity contribution in [1.29, 1.82) is 0 Å². The van der Waals surface area contributed by atoms with Gasteiger partial charge in [-0.3, -0.25) is 0 Å². The van der Waals surface area contributed by atoms with Crippen molar-refractivity contribution in [3.8, 4) is 0 Å². The predicted molar refractivity (Wildman–Crippen MR) is 48.1 cm³/mol. The van der Waals surface area contributed by atoms with Gasteiger partial charge in [0.2, 0.25) is 0 Å². The van der Waals surface area contributed by atoms with E-state index < -0.39 is 0 Å². The summed E-state index contributed by atoms with van der Waals surface area (Å²) in [7, 11) is 1.90. The van der Waals surface area contributed by atoms with Crippen LogP contribution in [0.25, 0.3) is 0 Å². The average molecular weight is 199 g/mol. The highest BCUT2D eigenvalue weighted by Crippen LogP contribution is 1.93. The molecule has 0 aliphatic heterocycles. The van der Waals surface area contributed by atoms with E-state index in [-0.39, 0.29) is 24.8 Å². The summed E-state index contributed by atoms with van der Waals surface area (Å²) >= 11 is 0. The maximum Gasteiger partial charge on any atom is 0.146 e.